The second kappa shape index (κ2) is 7.04. The topological polar surface area (TPSA) is 32.7 Å². The van der Waals surface area contributed by atoms with Crippen LogP contribution in [0.1, 0.15) is 38.4 Å². The highest BCUT2D eigenvalue weighted by molar-refractivity contribution is 5.19. The minimum atomic E-state index is -0.418. The molecule has 3 atom stereocenters. The van der Waals surface area contributed by atoms with Crippen LogP contribution in [0.25, 0.3) is 0 Å². The molecule has 0 spiro atoms. The first kappa shape index (κ1) is 14.5. The van der Waals surface area contributed by atoms with Gasteiger partial charge in [-0.1, -0.05) is 44.2 Å². The third-order valence-electron chi connectivity index (χ3n) is 4.09. The Kier molecular flexibility index (Phi) is 5.37. The lowest BCUT2D eigenvalue weighted by Gasteiger charge is -2.42. The molecule has 3 heteroatoms. The molecule has 1 fully saturated rings. The van der Waals surface area contributed by atoms with Gasteiger partial charge in [-0.3, -0.25) is 4.90 Å². The van der Waals surface area contributed by atoms with Crippen molar-refractivity contribution in [3.63, 3.8) is 0 Å². The molecule has 1 aliphatic rings. The van der Waals surface area contributed by atoms with Gasteiger partial charge in [0.2, 0.25) is 0 Å². The van der Waals surface area contributed by atoms with Gasteiger partial charge in [-0.25, -0.2) is 0 Å². The Morgan fingerprint density at radius 1 is 1.32 bits per heavy atom. The van der Waals surface area contributed by atoms with Crippen molar-refractivity contribution in [1.82, 2.24) is 4.90 Å². The molecule has 0 radical (unpaired) electrons. The number of nitrogens with zero attached hydrogens (tertiary/aromatic N) is 1. The number of hydrogen-bond donors (Lipinski definition) is 1. The van der Waals surface area contributed by atoms with E-state index < -0.39 is 6.10 Å². The van der Waals surface area contributed by atoms with E-state index in [1.165, 1.54) is 0 Å². The summed E-state index contributed by atoms with van der Waals surface area (Å²) >= 11 is 0. The van der Waals surface area contributed by atoms with Gasteiger partial charge in [0.1, 0.15) is 0 Å². The zero-order valence-electron chi connectivity index (χ0n) is 12.0. The zero-order chi connectivity index (χ0) is 13.7. The summed E-state index contributed by atoms with van der Waals surface area (Å²) in [4.78, 5) is 2.43. The fourth-order valence-corrected chi connectivity index (χ4v) is 2.97. The van der Waals surface area contributed by atoms with Crippen molar-refractivity contribution in [3.8, 4) is 0 Å². The smallest absolute Gasteiger partial charge is 0.0945 e. The molecule has 1 aromatic rings. The Balaban J connectivity index is 2.14. The number of hydrogen-bond acceptors (Lipinski definition) is 3. The molecule has 2 rings (SSSR count). The van der Waals surface area contributed by atoms with Gasteiger partial charge in [0, 0.05) is 18.6 Å². The van der Waals surface area contributed by atoms with E-state index in [1.54, 1.807) is 0 Å². The van der Waals surface area contributed by atoms with Gasteiger partial charge >= 0.3 is 0 Å². The second-order valence-electron chi connectivity index (χ2n) is 5.21. The van der Waals surface area contributed by atoms with Gasteiger partial charge in [0.25, 0.3) is 0 Å². The normalized spacial score (nSPS) is 24.1. The number of ether oxygens (including phenoxy) is 1. The van der Waals surface area contributed by atoms with E-state index in [2.05, 4.69) is 18.7 Å². The maximum Gasteiger partial charge on any atom is 0.0945 e. The van der Waals surface area contributed by atoms with Crippen molar-refractivity contribution in [3.05, 3.63) is 35.9 Å². The van der Waals surface area contributed by atoms with Gasteiger partial charge < -0.3 is 9.84 Å². The summed E-state index contributed by atoms with van der Waals surface area (Å²) in [5.74, 6) is 0. The number of rotatable bonds is 5. The summed E-state index contributed by atoms with van der Waals surface area (Å²) in [5.41, 5.74) is 1.01. The highest BCUT2D eigenvalue weighted by Gasteiger charge is 2.32. The Morgan fingerprint density at radius 3 is 2.68 bits per heavy atom. The SMILES string of the molecule is CCC1COCCN1C(CC)C(O)c1ccccc1. The average molecular weight is 263 g/mol. The average Bonchev–Trinajstić information content (AvgIpc) is 2.49. The Morgan fingerprint density at radius 2 is 2.05 bits per heavy atom. The van der Waals surface area contributed by atoms with Crippen molar-refractivity contribution < 1.29 is 9.84 Å². The largest absolute Gasteiger partial charge is 0.387 e. The summed E-state index contributed by atoms with van der Waals surface area (Å²) in [7, 11) is 0. The third kappa shape index (κ3) is 3.35. The Bertz CT molecular complexity index is 368. The summed E-state index contributed by atoms with van der Waals surface area (Å²) < 4.78 is 5.56. The van der Waals surface area contributed by atoms with Crippen LogP contribution >= 0.6 is 0 Å². The van der Waals surface area contributed by atoms with Crippen molar-refractivity contribution in [2.75, 3.05) is 19.8 Å². The molecule has 1 heterocycles. The van der Waals surface area contributed by atoms with Gasteiger partial charge in [-0.05, 0) is 18.4 Å². The summed E-state index contributed by atoms with van der Waals surface area (Å²) in [6.07, 6.45) is 1.60. The maximum absolute atomic E-state index is 10.7. The molecule has 0 bridgehead atoms. The van der Waals surface area contributed by atoms with Crippen molar-refractivity contribution >= 4 is 0 Å². The molecule has 106 valence electrons. The lowest BCUT2D eigenvalue weighted by molar-refractivity contribution is -0.0619. The van der Waals surface area contributed by atoms with E-state index in [0.29, 0.717) is 6.04 Å². The van der Waals surface area contributed by atoms with Crippen LogP contribution in [-0.4, -0.2) is 41.8 Å². The first-order chi connectivity index (χ1) is 9.27. The van der Waals surface area contributed by atoms with E-state index >= 15 is 0 Å². The fourth-order valence-electron chi connectivity index (χ4n) is 2.97. The van der Waals surface area contributed by atoms with Gasteiger partial charge in [0.15, 0.2) is 0 Å². The summed E-state index contributed by atoms with van der Waals surface area (Å²) in [5, 5.41) is 10.7. The maximum atomic E-state index is 10.7. The van der Waals surface area contributed by atoms with E-state index in [1.807, 2.05) is 30.3 Å². The molecule has 0 saturated carbocycles. The van der Waals surface area contributed by atoms with E-state index in [-0.39, 0.29) is 6.04 Å². The monoisotopic (exact) mass is 263 g/mol. The number of aliphatic hydroxyl groups is 1. The molecule has 1 N–H and O–H groups in total. The minimum Gasteiger partial charge on any atom is -0.387 e. The zero-order valence-corrected chi connectivity index (χ0v) is 12.0. The highest BCUT2D eigenvalue weighted by atomic mass is 16.5. The van der Waals surface area contributed by atoms with Crippen LogP contribution in [0, 0.1) is 0 Å². The van der Waals surface area contributed by atoms with Crippen LogP contribution in [0.3, 0.4) is 0 Å². The van der Waals surface area contributed by atoms with Crippen LogP contribution in [-0.2, 0) is 4.74 Å². The Labute approximate surface area is 116 Å². The number of morpholine rings is 1. The molecule has 1 aliphatic heterocycles. The van der Waals surface area contributed by atoms with Crippen LogP contribution in [0.4, 0.5) is 0 Å². The minimum absolute atomic E-state index is 0.177. The quantitative estimate of drug-likeness (QED) is 0.886. The van der Waals surface area contributed by atoms with Crippen LogP contribution in [0.15, 0.2) is 30.3 Å². The van der Waals surface area contributed by atoms with E-state index in [0.717, 1.165) is 38.2 Å². The predicted molar refractivity (Wildman–Crippen MR) is 77.1 cm³/mol. The van der Waals surface area contributed by atoms with Crippen LogP contribution < -0.4 is 0 Å². The van der Waals surface area contributed by atoms with Gasteiger partial charge in [0.05, 0.1) is 19.3 Å². The standard InChI is InChI=1S/C16H25NO2/c1-3-14-12-19-11-10-17(14)15(4-2)16(18)13-8-6-5-7-9-13/h5-9,14-16,18H,3-4,10-12H2,1-2H3. The fraction of sp³-hybridized carbons (Fsp3) is 0.625. The van der Waals surface area contributed by atoms with Crippen molar-refractivity contribution in [1.29, 1.82) is 0 Å². The Hall–Kier alpha value is -0.900. The van der Waals surface area contributed by atoms with E-state index in [4.69, 9.17) is 4.74 Å². The second-order valence-corrected chi connectivity index (χ2v) is 5.21. The lowest BCUT2D eigenvalue weighted by Crippen LogP contribution is -2.52. The molecule has 3 nitrogen and oxygen atoms in total. The molecule has 0 aromatic heterocycles. The lowest BCUT2D eigenvalue weighted by atomic mass is 9.96. The number of aliphatic hydroxyl groups excluding tert-OH is 1. The summed E-state index contributed by atoms with van der Waals surface area (Å²) in [6, 6.07) is 10.6. The van der Waals surface area contributed by atoms with Crippen LogP contribution in [0.2, 0.25) is 0 Å². The molecule has 0 aliphatic carbocycles. The predicted octanol–water partition coefficient (Wildman–Crippen LogP) is 2.61. The van der Waals surface area contributed by atoms with Gasteiger partial charge in [-0.15, -0.1) is 0 Å². The number of benzene rings is 1. The highest BCUT2D eigenvalue weighted by Crippen LogP contribution is 2.27. The van der Waals surface area contributed by atoms with E-state index in [9.17, 15) is 5.11 Å². The molecular formula is C16H25NO2. The molecule has 3 unspecified atom stereocenters. The molecule has 1 aromatic carbocycles. The van der Waals surface area contributed by atoms with Crippen LogP contribution in [0.5, 0.6) is 0 Å². The molecule has 19 heavy (non-hydrogen) atoms. The first-order valence-corrected chi connectivity index (χ1v) is 7.34. The molecular weight excluding hydrogens is 238 g/mol. The first-order valence-electron chi connectivity index (χ1n) is 7.34. The molecule has 0 amide bonds. The van der Waals surface area contributed by atoms with Gasteiger partial charge in [-0.2, -0.15) is 0 Å². The van der Waals surface area contributed by atoms with Crippen molar-refractivity contribution in [2.24, 2.45) is 0 Å². The summed E-state index contributed by atoms with van der Waals surface area (Å²) in [6.45, 7) is 6.82. The molecule has 1 saturated heterocycles. The van der Waals surface area contributed by atoms with Crippen molar-refractivity contribution in [2.45, 2.75) is 44.9 Å². The third-order valence-corrected chi connectivity index (χ3v) is 4.09.